The fourth-order valence-electron chi connectivity index (χ4n) is 0.198. The van der Waals surface area contributed by atoms with Crippen LogP contribution in [-0.2, 0) is 20.4 Å². The van der Waals surface area contributed by atoms with Gasteiger partial charge >= 0.3 is 0 Å². The zero-order valence-electron chi connectivity index (χ0n) is 3.68. The van der Waals surface area contributed by atoms with E-state index in [1.165, 1.54) is 11.5 Å². The molecule has 0 atom stereocenters. The zero-order chi connectivity index (χ0) is 4.41. The number of aryl methyl sites for hydroxylation is 1. The number of rotatable bonds is 0. The van der Waals surface area contributed by atoms with Gasteiger partial charge in [0.2, 0.25) is 0 Å². The van der Waals surface area contributed by atoms with Crippen molar-refractivity contribution in [3.8, 4) is 0 Å². The molecule has 0 aliphatic rings. The molecule has 0 N–H and O–H groups in total. The maximum Gasteiger partial charge on any atom is 0 e. The van der Waals surface area contributed by atoms with Crippen LogP contribution in [0.2, 0.25) is 0 Å². The largest absolute Gasteiger partial charge is 0.424 e. The van der Waals surface area contributed by atoms with Gasteiger partial charge < -0.3 is 9.36 Å². The minimum Gasteiger partial charge on any atom is -0.424 e. The van der Waals surface area contributed by atoms with Crippen LogP contribution in [-0.4, -0.2) is 9.36 Å². The molecule has 0 aromatic carbocycles. The predicted octanol–water partition coefficient (Wildman–Crippen LogP) is 0.644. The van der Waals surface area contributed by atoms with E-state index in [-0.39, 0.29) is 20.4 Å². The third kappa shape index (κ3) is 2.13. The van der Waals surface area contributed by atoms with Crippen molar-refractivity contribution < 1.29 is 20.4 Å². The Hall–Kier alpha value is 0.222. The molecule has 1 rings (SSSR count). The summed E-state index contributed by atoms with van der Waals surface area (Å²) in [5.41, 5.74) is 0. The first-order chi connectivity index (χ1) is 2.89. The molecule has 1 radical (unpaired) electrons. The summed E-state index contributed by atoms with van der Waals surface area (Å²) >= 11 is 1.36. The van der Waals surface area contributed by atoms with Gasteiger partial charge in [0.05, 0.1) is 0 Å². The molecule has 0 saturated carbocycles. The van der Waals surface area contributed by atoms with E-state index in [9.17, 15) is 0 Å². The van der Waals surface area contributed by atoms with Crippen molar-refractivity contribution in [3.05, 3.63) is 11.3 Å². The van der Waals surface area contributed by atoms with Crippen LogP contribution in [0.25, 0.3) is 0 Å². The van der Waals surface area contributed by atoms with Crippen molar-refractivity contribution >= 4 is 11.5 Å². The fourth-order valence-corrected chi connectivity index (χ4v) is 0.493. The Labute approximate surface area is 59.8 Å². The summed E-state index contributed by atoms with van der Waals surface area (Å²) in [4.78, 5) is 3.70. The standard InChI is InChI=1S/C3H3N2S.Re/c1-3-4-2-5-6-3;/h1H3;/q-1;. The molecule has 7 heavy (non-hydrogen) atoms. The van der Waals surface area contributed by atoms with E-state index in [4.69, 9.17) is 0 Å². The molecule has 2 nitrogen and oxygen atoms in total. The summed E-state index contributed by atoms with van der Waals surface area (Å²) in [5, 5.41) is 0.968. The van der Waals surface area contributed by atoms with E-state index in [0.717, 1.165) is 5.01 Å². The molecule has 0 fully saturated rings. The Morgan fingerprint density at radius 1 is 1.71 bits per heavy atom. The van der Waals surface area contributed by atoms with Gasteiger partial charge in [-0.25, -0.2) is 0 Å². The zero-order valence-corrected chi connectivity index (χ0v) is 7.21. The molecule has 1 heterocycles. The first-order valence-electron chi connectivity index (χ1n) is 1.56. The Morgan fingerprint density at radius 2 is 2.43 bits per heavy atom. The molecule has 0 saturated heterocycles. The molecular formula is C3H3N2ReS-. The first kappa shape index (κ1) is 7.22. The maximum absolute atomic E-state index is 3.70. The topological polar surface area (TPSA) is 25.8 Å². The van der Waals surface area contributed by atoms with Crippen molar-refractivity contribution in [2.24, 2.45) is 0 Å². The number of nitrogens with zero attached hydrogens (tertiary/aromatic N) is 2. The van der Waals surface area contributed by atoms with Gasteiger partial charge in [-0.05, 0) is 11.3 Å². The van der Waals surface area contributed by atoms with Gasteiger partial charge in [-0.15, -0.1) is 11.5 Å². The van der Waals surface area contributed by atoms with Crippen LogP contribution in [0.3, 0.4) is 0 Å². The van der Waals surface area contributed by atoms with Gasteiger partial charge in [0.1, 0.15) is 0 Å². The molecule has 0 unspecified atom stereocenters. The van der Waals surface area contributed by atoms with Gasteiger partial charge in [0.25, 0.3) is 0 Å². The monoisotopic (exact) mass is 286 g/mol. The van der Waals surface area contributed by atoms with Crippen LogP contribution in [0.5, 0.6) is 0 Å². The Morgan fingerprint density at radius 3 is 2.57 bits per heavy atom. The SMILES string of the molecule is Cc1n[c-]ns1.[Re]. The second-order valence-electron chi connectivity index (χ2n) is 0.913. The third-order valence-electron chi connectivity index (χ3n) is 0.426. The van der Waals surface area contributed by atoms with E-state index >= 15 is 0 Å². The Balaban J connectivity index is 0.000000360. The van der Waals surface area contributed by atoms with Crippen LogP contribution >= 0.6 is 11.5 Å². The normalized spacial score (nSPS) is 7.57. The van der Waals surface area contributed by atoms with Crippen molar-refractivity contribution in [3.63, 3.8) is 0 Å². The molecule has 1 aromatic rings. The van der Waals surface area contributed by atoms with Crippen LogP contribution in [0.1, 0.15) is 5.01 Å². The summed E-state index contributed by atoms with van der Waals surface area (Å²) in [6.07, 6.45) is 2.45. The number of hydrogen-bond acceptors (Lipinski definition) is 3. The molecule has 0 aliphatic heterocycles. The molecule has 4 heteroatoms. The predicted molar refractivity (Wildman–Crippen MR) is 23.5 cm³/mol. The molecule has 0 aliphatic carbocycles. The Kier molecular flexibility index (Phi) is 3.36. The minimum atomic E-state index is 0. The second-order valence-corrected chi connectivity index (χ2v) is 1.87. The van der Waals surface area contributed by atoms with Crippen molar-refractivity contribution in [1.82, 2.24) is 9.36 Å². The van der Waals surface area contributed by atoms with Gasteiger partial charge in [0.15, 0.2) is 0 Å². The van der Waals surface area contributed by atoms with E-state index in [0.29, 0.717) is 0 Å². The molecule has 0 amide bonds. The molecule has 0 bridgehead atoms. The molecule has 39 valence electrons. The van der Waals surface area contributed by atoms with Gasteiger partial charge in [-0.2, -0.15) is 0 Å². The van der Waals surface area contributed by atoms with E-state index in [1.54, 1.807) is 0 Å². The smallest absolute Gasteiger partial charge is 0 e. The van der Waals surface area contributed by atoms with Crippen molar-refractivity contribution in [1.29, 1.82) is 0 Å². The van der Waals surface area contributed by atoms with Crippen molar-refractivity contribution in [2.45, 2.75) is 6.92 Å². The fraction of sp³-hybridized carbons (Fsp3) is 0.333. The molecule has 0 spiro atoms. The minimum absolute atomic E-state index is 0. The average Bonchev–Trinajstić information content (AvgIpc) is 1.86. The summed E-state index contributed by atoms with van der Waals surface area (Å²) < 4.78 is 3.63. The van der Waals surface area contributed by atoms with E-state index in [2.05, 4.69) is 15.7 Å². The van der Waals surface area contributed by atoms with Crippen LogP contribution in [0, 0.1) is 13.3 Å². The summed E-state index contributed by atoms with van der Waals surface area (Å²) in [6, 6.07) is 0. The second kappa shape index (κ2) is 3.25. The third-order valence-corrected chi connectivity index (χ3v) is 0.954. The average molecular weight is 285 g/mol. The summed E-state index contributed by atoms with van der Waals surface area (Å²) in [5.74, 6) is 0. The van der Waals surface area contributed by atoms with Crippen LogP contribution < -0.4 is 0 Å². The summed E-state index contributed by atoms with van der Waals surface area (Å²) in [6.45, 7) is 1.90. The van der Waals surface area contributed by atoms with Gasteiger partial charge in [-0.3, -0.25) is 0 Å². The van der Waals surface area contributed by atoms with Crippen LogP contribution in [0.4, 0.5) is 0 Å². The van der Waals surface area contributed by atoms with E-state index in [1.807, 2.05) is 6.92 Å². The van der Waals surface area contributed by atoms with Crippen molar-refractivity contribution in [2.75, 3.05) is 0 Å². The number of aromatic nitrogens is 2. The quantitative estimate of drug-likeness (QED) is 0.654. The maximum atomic E-state index is 3.70. The molecular weight excluding hydrogens is 282 g/mol. The number of hydrogen-bond donors (Lipinski definition) is 0. The van der Waals surface area contributed by atoms with Crippen LogP contribution in [0.15, 0.2) is 0 Å². The first-order valence-corrected chi connectivity index (χ1v) is 2.33. The summed E-state index contributed by atoms with van der Waals surface area (Å²) in [7, 11) is 0. The van der Waals surface area contributed by atoms with Gasteiger partial charge in [-0.1, -0.05) is 6.92 Å². The molecule has 1 aromatic heterocycles. The van der Waals surface area contributed by atoms with E-state index < -0.39 is 0 Å². The Bertz CT molecular complexity index is 116. The van der Waals surface area contributed by atoms with Gasteiger partial charge in [0, 0.05) is 20.4 Å².